The Kier molecular flexibility index (Phi) is 4.07. The van der Waals surface area contributed by atoms with E-state index < -0.39 is 44.4 Å². The number of carbonyl (C=O) groups is 2. The van der Waals surface area contributed by atoms with Crippen LogP contribution in [0, 0.1) is 0 Å². The van der Waals surface area contributed by atoms with Crippen molar-refractivity contribution >= 4 is 32.4 Å². The van der Waals surface area contributed by atoms with Crippen LogP contribution in [0.4, 0.5) is 4.79 Å². The summed E-state index contributed by atoms with van der Waals surface area (Å²) in [6.07, 6.45) is 0.978. The van der Waals surface area contributed by atoms with Gasteiger partial charge in [0, 0.05) is 6.54 Å². The highest BCUT2D eigenvalue weighted by Crippen LogP contribution is 2.31. The standard InChI is InChI=1S/C8H14N4O8S2/c1-21(15,16)12(9)7(13)6-3-2-5-4-10(6)8(14)11(5)20-22(17,18)19/h5-6H,2-4,9H2,1H3,(H,17,18,19)/t5-,6+/m0/s1. The zero-order chi connectivity index (χ0) is 16.9. The molecule has 2 atom stereocenters. The zero-order valence-electron chi connectivity index (χ0n) is 11.3. The number of sulfonamides is 1. The molecule has 12 nitrogen and oxygen atoms in total. The Bertz CT molecular complexity index is 704. The van der Waals surface area contributed by atoms with E-state index in [1.807, 2.05) is 0 Å². The maximum Gasteiger partial charge on any atom is 0.418 e. The molecule has 3 N–H and O–H groups in total. The van der Waals surface area contributed by atoms with Crippen molar-refractivity contribution in [2.75, 3.05) is 12.8 Å². The zero-order valence-corrected chi connectivity index (χ0v) is 12.9. The first-order valence-electron chi connectivity index (χ1n) is 5.97. The molecule has 2 fully saturated rings. The Morgan fingerprint density at radius 1 is 1.36 bits per heavy atom. The van der Waals surface area contributed by atoms with E-state index in [0.717, 1.165) is 11.2 Å². The van der Waals surface area contributed by atoms with Crippen LogP contribution in [-0.2, 0) is 29.5 Å². The van der Waals surface area contributed by atoms with Crippen molar-refractivity contribution in [3.05, 3.63) is 0 Å². The smallest absolute Gasteiger partial charge is 0.309 e. The van der Waals surface area contributed by atoms with Gasteiger partial charge in [-0.25, -0.2) is 19.1 Å². The lowest BCUT2D eigenvalue weighted by Crippen LogP contribution is -2.54. The van der Waals surface area contributed by atoms with Crippen LogP contribution in [0.3, 0.4) is 0 Å². The summed E-state index contributed by atoms with van der Waals surface area (Å²) < 4.78 is 56.9. The number of fused-ring (bicyclic) bond motifs is 2. The number of amides is 3. The Morgan fingerprint density at radius 2 is 1.95 bits per heavy atom. The molecule has 0 aromatic rings. The van der Waals surface area contributed by atoms with E-state index in [1.165, 1.54) is 0 Å². The predicted molar refractivity (Wildman–Crippen MR) is 69.3 cm³/mol. The predicted octanol–water partition coefficient (Wildman–Crippen LogP) is -2.35. The molecule has 0 radical (unpaired) electrons. The molecule has 2 aliphatic heterocycles. The van der Waals surface area contributed by atoms with Crippen LogP contribution in [0.1, 0.15) is 12.8 Å². The van der Waals surface area contributed by atoms with Crippen molar-refractivity contribution in [2.24, 2.45) is 5.84 Å². The summed E-state index contributed by atoms with van der Waals surface area (Å²) in [7, 11) is -8.88. The molecule has 0 unspecified atom stereocenters. The van der Waals surface area contributed by atoms with Gasteiger partial charge in [-0.3, -0.25) is 9.35 Å². The molecule has 3 amide bonds. The maximum atomic E-state index is 12.1. The van der Waals surface area contributed by atoms with Gasteiger partial charge in [0.25, 0.3) is 5.91 Å². The second kappa shape index (κ2) is 5.31. The number of hydrogen-bond donors (Lipinski definition) is 2. The van der Waals surface area contributed by atoms with Gasteiger partial charge in [-0.1, -0.05) is 0 Å². The summed E-state index contributed by atoms with van der Waals surface area (Å²) in [6.45, 7) is -0.0532. The lowest BCUT2D eigenvalue weighted by atomic mass is 10.0. The average molecular weight is 358 g/mol. The lowest BCUT2D eigenvalue weighted by molar-refractivity contribution is -0.131. The van der Waals surface area contributed by atoms with Gasteiger partial charge in [0.1, 0.15) is 6.04 Å². The number of hydroxylamine groups is 2. The van der Waals surface area contributed by atoms with Crippen LogP contribution < -0.4 is 5.84 Å². The largest absolute Gasteiger partial charge is 0.418 e. The number of piperidine rings is 1. The second-order valence-electron chi connectivity index (χ2n) is 4.91. The topological polar surface area (TPSA) is 168 Å². The minimum atomic E-state index is -4.89. The van der Waals surface area contributed by atoms with Crippen molar-refractivity contribution in [2.45, 2.75) is 24.9 Å². The molecule has 2 aliphatic rings. The van der Waals surface area contributed by atoms with Gasteiger partial charge >= 0.3 is 16.4 Å². The first-order valence-corrected chi connectivity index (χ1v) is 9.19. The Hall–Kier alpha value is -1.48. The number of hydrogen-bond acceptors (Lipinski definition) is 8. The summed E-state index contributed by atoms with van der Waals surface area (Å²) in [5, 5.41) is 0.448. The van der Waals surface area contributed by atoms with Crippen LogP contribution >= 0.6 is 0 Å². The maximum absolute atomic E-state index is 12.1. The molecule has 2 heterocycles. The number of nitrogens with zero attached hydrogens (tertiary/aromatic N) is 3. The van der Waals surface area contributed by atoms with E-state index in [2.05, 4.69) is 4.28 Å². The Labute approximate surface area is 126 Å². The molecule has 0 aromatic heterocycles. The number of nitrogens with two attached hydrogens (primary N) is 1. The molecular formula is C8H14N4O8S2. The lowest BCUT2D eigenvalue weighted by Gasteiger charge is -2.31. The molecule has 2 bridgehead atoms. The fourth-order valence-corrected chi connectivity index (χ4v) is 3.24. The van der Waals surface area contributed by atoms with Crippen LogP contribution in [0.5, 0.6) is 0 Å². The molecule has 0 saturated carbocycles. The molecule has 2 saturated heterocycles. The fourth-order valence-electron chi connectivity index (χ4n) is 2.40. The molecule has 14 heteroatoms. The highest BCUT2D eigenvalue weighted by molar-refractivity contribution is 7.88. The number of urea groups is 1. The van der Waals surface area contributed by atoms with E-state index in [4.69, 9.17) is 10.4 Å². The summed E-state index contributed by atoms with van der Waals surface area (Å²) in [4.78, 5) is 25.1. The van der Waals surface area contributed by atoms with Crippen molar-refractivity contribution in [1.82, 2.24) is 14.4 Å². The van der Waals surface area contributed by atoms with Crippen molar-refractivity contribution < 1.29 is 35.3 Å². The third kappa shape index (κ3) is 3.14. The quantitative estimate of drug-likeness (QED) is 0.242. The molecule has 2 rings (SSSR count). The Balaban J connectivity index is 2.21. The molecule has 0 spiro atoms. The highest BCUT2D eigenvalue weighted by Gasteiger charge is 2.50. The monoisotopic (exact) mass is 358 g/mol. The summed E-state index contributed by atoms with van der Waals surface area (Å²) in [5.41, 5.74) is 0. The van der Waals surface area contributed by atoms with E-state index in [1.54, 1.807) is 0 Å². The second-order valence-corrected chi connectivity index (χ2v) is 7.77. The first kappa shape index (κ1) is 16.9. The summed E-state index contributed by atoms with van der Waals surface area (Å²) in [6, 6.07) is -2.80. The van der Waals surface area contributed by atoms with Gasteiger partial charge in [-0.2, -0.15) is 17.9 Å². The normalized spacial score (nSPS) is 25.5. The summed E-state index contributed by atoms with van der Waals surface area (Å²) in [5.74, 6) is 4.20. The third-order valence-corrected chi connectivity index (χ3v) is 4.60. The molecular weight excluding hydrogens is 344 g/mol. The van der Waals surface area contributed by atoms with Gasteiger partial charge in [-0.05, 0) is 12.8 Å². The van der Waals surface area contributed by atoms with Crippen molar-refractivity contribution in [1.29, 1.82) is 0 Å². The van der Waals surface area contributed by atoms with E-state index in [0.29, 0.717) is 5.06 Å². The minimum absolute atomic E-state index is 0.0393. The van der Waals surface area contributed by atoms with Crippen molar-refractivity contribution in [3.8, 4) is 0 Å². The van der Waals surface area contributed by atoms with Crippen LogP contribution in [0.25, 0.3) is 0 Å². The van der Waals surface area contributed by atoms with E-state index in [9.17, 15) is 26.4 Å². The molecule has 126 valence electrons. The van der Waals surface area contributed by atoms with Gasteiger partial charge in [0.05, 0.1) is 12.3 Å². The van der Waals surface area contributed by atoms with Gasteiger partial charge in [-0.15, -0.1) is 4.28 Å². The summed E-state index contributed by atoms with van der Waals surface area (Å²) >= 11 is 0. The van der Waals surface area contributed by atoms with Gasteiger partial charge in [0.15, 0.2) is 0 Å². The SMILES string of the molecule is CS(=O)(=O)N(N)C(=O)[C@H]1CC[C@H]2CN1C(=O)N2OS(=O)(=O)O. The minimum Gasteiger partial charge on any atom is -0.309 e. The van der Waals surface area contributed by atoms with E-state index in [-0.39, 0.29) is 23.8 Å². The molecule has 0 aromatic carbocycles. The van der Waals surface area contributed by atoms with Gasteiger partial charge < -0.3 is 4.90 Å². The first-order chi connectivity index (χ1) is 9.92. The van der Waals surface area contributed by atoms with Crippen molar-refractivity contribution in [3.63, 3.8) is 0 Å². The average Bonchev–Trinajstić information content (AvgIpc) is 2.60. The third-order valence-electron chi connectivity index (χ3n) is 3.36. The van der Waals surface area contributed by atoms with Gasteiger partial charge in [0.2, 0.25) is 10.0 Å². The highest BCUT2D eigenvalue weighted by atomic mass is 32.3. The van der Waals surface area contributed by atoms with Crippen LogP contribution in [-0.4, -0.2) is 72.6 Å². The number of carbonyl (C=O) groups excluding carboxylic acids is 2. The number of rotatable bonds is 4. The molecule has 0 aliphatic carbocycles. The molecule has 22 heavy (non-hydrogen) atoms. The number of hydrazine groups is 1. The van der Waals surface area contributed by atoms with E-state index >= 15 is 0 Å². The van der Waals surface area contributed by atoms with Crippen LogP contribution in [0.2, 0.25) is 0 Å². The van der Waals surface area contributed by atoms with Crippen LogP contribution in [0.15, 0.2) is 0 Å². The fraction of sp³-hybridized carbons (Fsp3) is 0.750. The Morgan fingerprint density at radius 3 is 2.45 bits per heavy atom.